The number of pyridine rings is 1. The largest absolute Gasteiger partial charge is 0.493 e. The minimum atomic E-state index is -0.215. The fourth-order valence-electron chi connectivity index (χ4n) is 2.62. The molecule has 0 spiro atoms. The van der Waals surface area contributed by atoms with Gasteiger partial charge in [-0.2, -0.15) is 0 Å². The van der Waals surface area contributed by atoms with Crippen LogP contribution < -0.4 is 20.5 Å². The molecular weight excluding hydrogens is 336 g/mol. The normalized spacial score (nSPS) is 10.7. The van der Waals surface area contributed by atoms with E-state index in [4.69, 9.17) is 9.47 Å². The van der Waals surface area contributed by atoms with Crippen molar-refractivity contribution in [3.05, 3.63) is 58.6 Å². The second-order valence-corrected chi connectivity index (χ2v) is 5.61. The van der Waals surface area contributed by atoms with E-state index >= 15 is 0 Å². The monoisotopic (exact) mass is 356 g/mol. The van der Waals surface area contributed by atoms with Crippen molar-refractivity contribution in [2.75, 3.05) is 20.8 Å². The molecule has 2 heterocycles. The van der Waals surface area contributed by atoms with Crippen LogP contribution in [0.5, 0.6) is 11.5 Å². The van der Waals surface area contributed by atoms with Crippen molar-refractivity contribution in [3.8, 4) is 11.5 Å². The first-order chi connectivity index (χ1) is 12.6. The number of rotatable bonds is 7. The molecule has 0 saturated heterocycles. The molecule has 0 aliphatic carbocycles. The Bertz CT molecular complexity index is 977. The number of hydrogen-bond donors (Lipinski definition) is 1. The van der Waals surface area contributed by atoms with Gasteiger partial charge in [0, 0.05) is 24.8 Å². The molecule has 1 aromatic carbocycles. The molecule has 26 heavy (non-hydrogen) atoms. The topological polar surface area (TPSA) is 86.9 Å². The number of benzene rings is 1. The molecule has 0 radical (unpaired) electrons. The van der Waals surface area contributed by atoms with E-state index in [0.717, 1.165) is 0 Å². The summed E-state index contributed by atoms with van der Waals surface area (Å²) in [6.07, 6.45) is 2.27. The van der Waals surface area contributed by atoms with Gasteiger partial charge in [0.2, 0.25) is 0 Å². The number of aromatic nitrogens is 3. The molecule has 2 aromatic heterocycles. The summed E-state index contributed by atoms with van der Waals surface area (Å²) in [5, 5.41) is 7.08. The quantitative estimate of drug-likeness (QED) is 0.646. The number of hydrogen-bond acceptors (Lipinski definition) is 5. The van der Waals surface area contributed by atoms with E-state index in [0.29, 0.717) is 42.2 Å². The number of ether oxygens (including phenoxy) is 2. The van der Waals surface area contributed by atoms with E-state index in [2.05, 4.69) is 10.4 Å². The Hall–Kier alpha value is -3.29. The van der Waals surface area contributed by atoms with Gasteiger partial charge in [-0.05, 0) is 36.8 Å². The molecular formula is C18H20N4O4. The number of methoxy groups -OCH3 is 2. The van der Waals surface area contributed by atoms with Crippen molar-refractivity contribution < 1.29 is 14.3 Å². The lowest BCUT2D eigenvalue weighted by Crippen LogP contribution is -2.27. The Kier molecular flexibility index (Phi) is 5.21. The van der Waals surface area contributed by atoms with Crippen LogP contribution in [-0.2, 0) is 6.54 Å². The number of amides is 1. The van der Waals surface area contributed by atoms with Crippen LogP contribution in [0.15, 0.2) is 47.4 Å². The summed E-state index contributed by atoms with van der Waals surface area (Å²) < 4.78 is 13.2. The Morgan fingerprint density at radius 1 is 1.15 bits per heavy atom. The molecule has 1 N–H and O–H groups in total. The van der Waals surface area contributed by atoms with E-state index in [1.807, 2.05) is 6.07 Å². The molecule has 0 saturated carbocycles. The van der Waals surface area contributed by atoms with Gasteiger partial charge in [-0.15, -0.1) is 5.10 Å². The highest BCUT2D eigenvalue weighted by Crippen LogP contribution is 2.27. The minimum absolute atomic E-state index is 0.188. The summed E-state index contributed by atoms with van der Waals surface area (Å²) in [4.78, 5) is 24.4. The summed E-state index contributed by atoms with van der Waals surface area (Å²) in [6, 6.07) is 10.4. The average molecular weight is 356 g/mol. The molecule has 136 valence electrons. The van der Waals surface area contributed by atoms with Crippen LogP contribution in [0.4, 0.5) is 0 Å². The van der Waals surface area contributed by atoms with E-state index in [1.54, 1.807) is 43.6 Å². The van der Waals surface area contributed by atoms with Gasteiger partial charge < -0.3 is 14.8 Å². The lowest BCUT2D eigenvalue weighted by molar-refractivity contribution is 0.0952. The highest BCUT2D eigenvalue weighted by molar-refractivity contribution is 5.94. The van der Waals surface area contributed by atoms with Gasteiger partial charge >= 0.3 is 5.69 Å². The van der Waals surface area contributed by atoms with Crippen molar-refractivity contribution in [3.63, 3.8) is 0 Å². The first kappa shape index (κ1) is 17.5. The zero-order valence-electron chi connectivity index (χ0n) is 14.6. The van der Waals surface area contributed by atoms with E-state index in [9.17, 15) is 9.59 Å². The number of nitrogens with one attached hydrogen (secondary N) is 1. The second-order valence-electron chi connectivity index (χ2n) is 5.61. The number of nitrogens with zero attached hydrogens (tertiary/aromatic N) is 3. The minimum Gasteiger partial charge on any atom is -0.493 e. The van der Waals surface area contributed by atoms with Gasteiger partial charge in [0.25, 0.3) is 5.91 Å². The lowest BCUT2D eigenvalue weighted by atomic mass is 10.2. The van der Waals surface area contributed by atoms with Gasteiger partial charge in [-0.25, -0.2) is 9.48 Å². The fourth-order valence-corrected chi connectivity index (χ4v) is 2.62. The first-order valence-electron chi connectivity index (χ1n) is 8.18. The fraction of sp³-hybridized carbons (Fsp3) is 0.278. The van der Waals surface area contributed by atoms with E-state index in [1.165, 1.54) is 16.2 Å². The molecule has 8 nitrogen and oxygen atoms in total. The van der Waals surface area contributed by atoms with Crippen LogP contribution in [0.25, 0.3) is 5.65 Å². The summed E-state index contributed by atoms with van der Waals surface area (Å²) in [5.74, 6) is 0.847. The Morgan fingerprint density at radius 2 is 1.96 bits per heavy atom. The maximum Gasteiger partial charge on any atom is 0.350 e. The third-order valence-corrected chi connectivity index (χ3v) is 3.97. The molecule has 0 aliphatic heterocycles. The molecule has 3 rings (SSSR count). The van der Waals surface area contributed by atoms with Crippen molar-refractivity contribution in [1.29, 1.82) is 0 Å². The van der Waals surface area contributed by atoms with Crippen LogP contribution in [0.3, 0.4) is 0 Å². The van der Waals surface area contributed by atoms with Gasteiger partial charge in [-0.1, -0.05) is 6.07 Å². The maximum absolute atomic E-state index is 12.2. The zero-order chi connectivity index (χ0) is 18.5. The molecule has 0 aliphatic rings. The van der Waals surface area contributed by atoms with Gasteiger partial charge in [0.05, 0.1) is 14.2 Å². The molecule has 3 aromatic rings. The Balaban J connectivity index is 1.57. The van der Waals surface area contributed by atoms with Crippen LogP contribution in [0, 0.1) is 0 Å². The van der Waals surface area contributed by atoms with Gasteiger partial charge in [-0.3, -0.25) is 9.20 Å². The predicted molar refractivity (Wildman–Crippen MR) is 95.9 cm³/mol. The van der Waals surface area contributed by atoms with E-state index in [-0.39, 0.29) is 11.6 Å². The van der Waals surface area contributed by atoms with Crippen LogP contribution in [0.1, 0.15) is 16.8 Å². The molecule has 1 amide bonds. The van der Waals surface area contributed by atoms with Gasteiger partial charge in [0.15, 0.2) is 17.1 Å². The highest BCUT2D eigenvalue weighted by atomic mass is 16.5. The zero-order valence-corrected chi connectivity index (χ0v) is 14.6. The summed E-state index contributed by atoms with van der Waals surface area (Å²) in [7, 11) is 3.06. The molecule has 8 heteroatoms. The summed E-state index contributed by atoms with van der Waals surface area (Å²) >= 11 is 0. The number of carbonyl (C=O) groups is 1. The Labute approximate surface area is 150 Å². The first-order valence-corrected chi connectivity index (χ1v) is 8.18. The predicted octanol–water partition coefficient (Wildman–Crippen LogP) is 1.33. The van der Waals surface area contributed by atoms with E-state index < -0.39 is 0 Å². The second kappa shape index (κ2) is 7.73. The standard InChI is InChI=1S/C18H20N4O4/c1-25-14-8-7-13(12-15(14)26-2)17(23)19-9-5-11-22-18(24)21-10-4-3-6-16(21)20-22/h3-4,6-8,10,12H,5,9,11H2,1-2H3,(H,19,23). The third kappa shape index (κ3) is 3.53. The van der Waals surface area contributed by atoms with Crippen molar-refractivity contribution >= 4 is 11.6 Å². The molecule has 0 atom stereocenters. The van der Waals surface area contributed by atoms with Gasteiger partial charge in [0.1, 0.15) is 0 Å². The molecule has 0 fully saturated rings. The molecule has 0 bridgehead atoms. The SMILES string of the molecule is COc1ccc(C(=O)NCCCn2nc3ccccn3c2=O)cc1OC. The van der Waals surface area contributed by atoms with Crippen molar-refractivity contribution in [2.24, 2.45) is 0 Å². The summed E-state index contributed by atoms with van der Waals surface area (Å²) in [5.41, 5.74) is 0.895. The lowest BCUT2D eigenvalue weighted by Gasteiger charge is -2.10. The highest BCUT2D eigenvalue weighted by Gasteiger charge is 2.11. The Morgan fingerprint density at radius 3 is 2.69 bits per heavy atom. The number of fused-ring (bicyclic) bond motifs is 1. The van der Waals surface area contributed by atoms with Crippen LogP contribution >= 0.6 is 0 Å². The number of carbonyl (C=O) groups excluding carboxylic acids is 1. The van der Waals surface area contributed by atoms with Crippen molar-refractivity contribution in [2.45, 2.75) is 13.0 Å². The number of aryl methyl sites for hydroxylation is 1. The third-order valence-electron chi connectivity index (χ3n) is 3.97. The van der Waals surface area contributed by atoms with Crippen LogP contribution in [-0.4, -0.2) is 40.9 Å². The molecule has 0 unspecified atom stereocenters. The maximum atomic E-state index is 12.2. The summed E-state index contributed by atoms with van der Waals surface area (Å²) in [6.45, 7) is 0.847. The average Bonchev–Trinajstić information content (AvgIpc) is 3.00. The smallest absolute Gasteiger partial charge is 0.350 e. The van der Waals surface area contributed by atoms with Crippen LogP contribution in [0.2, 0.25) is 0 Å². The van der Waals surface area contributed by atoms with Crippen molar-refractivity contribution in [1.82, 2.24) is 19.5 Å².